The van der Waals surface area contributed by atoms with E-state index in [4.69, 9.17) is 9.81 Å². The largest absolute Gasteiger partial charge is 0.673 e. The fourth-order valence-electron chi connectivity index (χ4n) is 1.95. The minimum atomic E-state index is -6.00. The van der Waals surface area contributed by atoms with E-state index in [-0.39, 0.29) is 5.43 Å². The third-order valence-electron chi connectivity index (χ3n) is 2.89. The van der Waals surface area contributed by atoms with Crippen molar-refractivity contribution >= 4 is 23.9 Å². The van der Waals surface area contributed by atoms with E-state index < -0.39 is 7.25 Å². The van der Waals surface area contributed by atoms with Crippen LogP contribution in [-0.2, 0) is 0 Å². The average molecular weight is 336 g/mol. The smallest absolute Gasteiger partial charge is 0.456 e. The lowest BCUT2D eigenvalue weighted by Crippen LogP contribution is -2.02. The lowest BCUT2D eigenvalue weighted by Gasteiger charge is -2.01. The molecule has 0 N–H and O–H groups in total. The van der Waals surface area contributed by atoms with E-state index in [1.807, 2.05) is 30.3 Å². The van der Waals surface area contributed by atoms with E-state index in [0.717, 1.165) is 5.56 Å². The Bertz CT molecular complexity index is 944. The summed E-state index contributed by atoms with van der Waals surface area (Å²) in [5.74, 6) is 0.494. The molecular formula is C15H9BF4N2O2. The molecule has 0 saturated heterocycles. The average Bonchev–Trinajstić information content (AvgIpc) is 2.53. The van der Waals surface area contributed by atoms with Gasteiger partial charge in [-0.2, -0.15) is 0 Å². The van der Waals surface area contributed by atoms with Crippen molar-refractivity contribution in [2.24, 2.45) is 0 Å². The van der Waals surface area contributed by atoms with Gasteiger partial charge in [-0.15, -0.1) is 0 Å². The highest BCUT2D eigenvalue weighted by Crippen LogP contribution is 2.24. The summed E-state index contributed by atoms with van der Waals surface area (Å²) in [6.07, 6.45) is 0. The molecule has 9 heteroatoms. The highest BCUT2D eigenvalue weighted by molar-refractivity contribution is 6.50. The quantitative estimate of drug-likeness (QED) is 0.347. The number of fused-ring (bicyclic) bond motifs is 1. The fourth-order valence-corrected chi connectivity index (χ4v) is 1.95. The molecule has 0 spiro atoms. The first-order valence-electron chi connectivity index (χ1n) is 6.63. The standard InChI is InChI=1S/C15H9N2O2.BF4/c16-17-11-6-7-12-13(18)9-14(19-15(12)8-11)10-4-2-1-3-5-10;2-1(3,4)5/h1-9H;/q+1;-1. The number of halogens is 4. The van der Waals surface area contributed by atoms with Crippen LogP contribution < -0.4 is 5.43 Å². The van der Waals surface area contributed by atoms with E-state index in [2.05, 4.69) is 4.98 Å². The summed E-state index contributed by atoms with van der Waals surface area (Å²) in [5.41, 5.74) is 1.46. The van der Waals surface area contributed by atoms with Crippen LogP contribution in [0, 0.1) is 5.39 Å². The second-order valence-corrected chi connectivity index (χ2v) is 4.62. The third-order valence-corrected chi connectivity index (χ3v) is 2.89. The van der Waals surface area contributed by atoms with Crippen molar-refractivity contribution in [3.05, 3.63) is 69.8 Å². The van der Waals surface area contributed by atoms with E-state index in [1.165, 1.54) is 12.1 Å². The van der Waals surface area contributed by atoms with Crippen molar-refractivity contribution in [2.75, 3.05) is 0 Å². The first kappa shape index (κ1) is 17.2. The lowest BCUT2D eigenvalue weighted by atomic mass is 10.1. The van der Waals surface area contributed by atoms with Gasteiger partial charge in [0, 0.05) is 17.7 Å². The molecule has 0 amide bonds. The number of benzene rings is 2. The predicted octanol–water partition coefficient (Wildman–Crippen LogP) is 5.24. The Kier molecular flexibility index (Phi) is 4.99. The molecule has 0 aliphatic carbocycles. The summed E-state index contributed by atoms with van der Waals surface area (Å²) < 4.78 is 44.7. The molecule has 4 nitrogen and oxygen atoms in total. The number of hydrogen-bond donors (Lipinski definition) is 0. The van der Waals surface area contributed by atoms with E-state index in [9.17, 15) is 22.1 Å². The van der Waals surface area contributed by atoms with Crippen molar-refractivity contribution in [1.82, 2.24) is 0 Å². The summed E-state index contributed by atoms with van der Waals surface area (Å²) in [6.45, 7) is 0. The summed E-state index contributed by atoms with van der Waals surface area (Å²) in [6, 6.07) is 15.5. The van der Waals surface area contributed by atoms with Gasteiger partial charge in [0.05, 0.1) is 11.5 Å². The molecule has 1 heterocycles. The summed E-state index contributed by atoms with van der Waals surface area (Å²) in [7, 11) is -6.00. The molecule has 0 aliphatic rings. The van der Waals surface area contributed by atoms with Crippen LogP contribution in [0.2, 0.25) is 0 Å². The Labute approximate surface area is 133 Å². The molecule has 3 rings (SSSR count). The van der Waals surface area contributed by atoms with Gasteiger partial charge in [-0.25, -0.2) is 0 Å². The molecular weight excluding hydrogens is 327 g/mol. The molecule has 0 atom stereocenters. The van der Waals surface area contributed by atoms with Crippen LogP contribution in [-0.4, -0.2) is 7.25 Å². The van der Waals surface area contributed by atoms with Gasteiger partial charge in [-0.05, 0) is 6.07 Å². The van der Waals surface area contributed by atoms with Crippen LogP contribution in [0.25, 0.3) is 27.3 Å². The van der Waals surface area contributed by atoms with Crippen LogP contribution in [0.1, 0.15) is 0 Å². The molecule has 0 fully saturated rings. The highest BCUT2D eigenvalue weighted by atomic mass is 19.5. The Balaban J connectivity index is 0.000000368. The lowest BCUT2D eigenvalue weighted by molar-refractivity contribution is 0.368. The van der Waals surface area contributed by atoms with Gasteiger partial charge in [0.2, 0.25) is 5.39 Å². The fraction of sp³-hybridized carbons (Fsp3) is 0. The monoisotopic (exact) mass is 336 g/mol. The first-order valence-corrected chi connectivity index (χ1v) is 6.63. The van der Waals surface area contributed by atoms with Crippen LogP contribution in [0.15, 0.2) is 63.8 Å². The van der Waals surface area contributed by atoms with Gasteiger partial charge in [-0.3, -0.25) is 4.79 Å². The maximum Gasteiger partial charge on any atom is 0.673 e. The van der Waals surface area contributed by atoms with Crippen LogP contribution >= 0.6 is 0 Å². The molecule has 24 heavy (non-hydrogen) atoms. The second-order valence-electron chi connectivity index (χ2n) is 4.62. The molecule has 122 valence electrons. The molecule has 2 aromatic carbocycles. The Hall–Kier alpha value is -3.15. The first-order chi connectivity index (χ1) is 11.3. The Morgan fingerprint density at radius 2 is 1.58 bits per heavy atom. The van der Waals surface area contributed by atoms with Gasteiger partial charge in [-0.1, -0.05) is 30.3 Å². The molecule has 0 radical (unpaired) electrons. The van der Waals surface area contributed by atoms with Crippen molar-refractivity contribution in [2.45, 2.75) is 0 Å². The summed E-state index contributed by atoms with van der Waals surface area (Å²) in [4.78, 5) is 15.1. The van der Waals surface area contributed by atoms with Crippen LogP contribution in [0.5, 0.6) is 0 Å². The van der Waals surface area contributed by atoms with Crippen molar-refractivity contribution in [3.8, 4) is 11.3 Å². The summed E-state index contributed by atoms with van der Waals surface area (Å²) in [5, 5.41) is 9.22. The van der Waals surface area contributed by atoms with Gasteiger partial charge in [0.15, 0.2) is 10.4 Å². The minimum Gasteiger partial charge on any atom is -0.456 e. The van der Waals surface area contributed by atoms with Crippen LogP contribution in [0.3, 0.4) is 0 Å². The van der Waals surface area contributed by atoms with E-state index in [1.54, 1.807) is 12.1 Å². The second kappa shape index (κ2) is 6.96. The van der Waals surface area contributed by atoms with Crippen molar-refractivity contribution in [1.29, 1.82) is 5.39 Å². The van der Waals surface area contributed by atoms with Gasteiger partial charge in [0.1, 0.15) is 11.3 Å². The number of hydrogen-bond acceptors (Lipinski definition) is 3. The van der Waals surface area contributed by atoms with E-state index >= 15 is 0 Å². The van der Waals surface area contributed by atoms with Gasteiger partial charge >= 0.3 is 12.9 Å². The highest BCUT2D eigenvalue weighted by Gasteiger charge is 2.20. The van der Waals surface area contributed by atoms with Crippen LogP contribution in [0.4, 0.5) is 23.0 Å². The Morgan fingerprint density at radius 3 is 2.17 bits per heavy atom. The zero-order chi connectivity index (χ0) is 17.7. The predicted molar refractivity (Wildman–Crippen MR) is 82.9 cm³/mol. The van der Waals surface area contributed by atoms with Crippen molar-refractivity contribution in [3.63, 3.8) is 0 Å². The number of nitrogens with zero attached hydrogens (tertiary/aromatic N) is 2. The third kappa shape index (κ3) is 4.68. The van der Waals surface area contributed by atoms with Crippen molar-refractivity contribution < 1.29 is 21.7 Å². The van der Waals surface area contributed by atoms with Gasteiger partial charge < -0.3 is 21.7 Å². The Morgan fingerprint density at radius 1 is 0.958 bits per heavy atom. The van der Waals surface area contributed by atoms with Gasteiger partial charge in [0.25, 0.3) is 0 Å². The topological polar surface area (TPSA) is 58.4 Å². The normalized spacial score (nSPS) is 10.6. The zero-order valence-corrected chi connectivity index (χ0v) is 12.0. The molecule has 0 saturated carbocycles. The summed E-state index contributed by atoms with van der Waals surface area (Å²) >= 11 is 0. The molecule has 1 aromatic heterocycles. The maximum absolute atomic E-state index is 12.0. The van der Waals surface area contributed by atoms with E-state index in [0.29, 0.717) is 22.4 Å². The molecule has 3 aromatic rings. The number of diazo groups is 1. The minimum absolute atomic E-state index is 0.121. The maximum atomic E-state index is 12.0. The molecule has 0 unspecified atom stereocenters. The molecule has 0 bridgehead atoms. The number of rotatable bonds is 1. The molecule has 0 aliphatic heterocycles. The zero-order valence-electron chi connectivity index (χ0n) is 12.0. The SMILES string of the molecule is F[B-](F)(F)F.N#[N+]c1ccc2c(=O)cc(-c3ccccc3)oc2c1.